The fourth-order valence-electron chi connectivity index (χ4n) is 3.12. The lowest BCUT2D eigenvalue weighted by atomic mass is 10.0. The average molecular weight is 352 g/mol. The number of H-pyrrole nitrogens is 1. The first-order chi connectivity index (χ1) is 12.3. The summed E-state index contributed by atoms with van der Waals surface area (Å²) < 4.78 is 0. The standard InChI is InChI=1S/C18H20N6S/c1-13-2-4-15(5-3-13)17-12-25-9-8-24(17)11-14-6-7-19-16(10-14)18-20-22-23-21-18/h2-7,10,17H,8-9,11-12H2,1H3,(H,20,21,22,23). The van der Waals surface area contributed by atoms with Crippen molar-refractivity contribution in [3.8, 4) is 11.5 Å². The Hall–Kier alpha value is -2.25. The lowest BCUT2D eigenvalue weighted by Gasteiger charge is -2.35. The second-order valence-electron chi connectivity index (χ2n) is 6.26. The summed E-state index contributed by atoms with van der Waals surface area (Å²) in [5.41, 5.74) is 4.67. The maximum absolute atomic E-state index is 4.35. The number of rotatable bonds is 4. The summed E-state index contributed by atoms with van der Waals surface area (Å²) in [5, 5.41) is 14.1. The molecule has 0 radical (unpaired) electrons. The summed E-state index contributed by atoms with van der Waals surface area (Å²) in [7, 11) is 0. The summed E-state index contributed by atoms with van der Waals surface area (Å²) in [6.07, 6.45) is 1.82. The molecule has 0 saturated carbocycles. The van der Waals surface area contributed by atoms with Crippen molar-refractivity contribution in [3.63, 3.8) is 0 Å². The third kappa shape index (κ3) is 3.72. The number of nitrogens with zero attached hydrogens (tertiary/aromatic N) is 5. The van der Waals surface area contributed by atoms with E-state index >= 15 is 0 Å². The van der Waals surface area contributed by atoms with Crippen LogP contribution in [0, 0.1) is 6.92 Å². The molecule has 0 aliphatic carbocycles. The number of aromatic nitrogens is 5. The van der Waals surface area contributed by atoms with E-state index in [1.54, 1.807) is 0 Å². The molecule has 7 heteroatoms. The number of thioether (sulfide) groups is 1. The number of aromatic amines is 1. The molecule has 128 valence electrons. The van der Waals surface area contributed by atoms with Crippen LogP contribution in [0.5, 0.6) is 0 Å². The minimum atomic E-state index is 0.446. The first kappa shape index (κ1) is 16.2. The molecule has 25 heavy (non-hydrogen) atoms. The third-order valence-electron chi connectivity index (χ3n) is 4.49. The molecule has 1 fully saturated rings. The quantitative estimate of drug-likeness (QED) is 0.778. The number of hydrogen-bond acceptors (Lipinski definition) is 6. The molecule has 1 aliphatic heterocycles. The van der Waals surface area contributed by atoms with Crippen LogP contribution < -0.4 is 0 Å². The lowest BCUT2D eigenvalue weighted by Crippen LogP contribution is -2.35. The highest BCUT2D eigenvalue weighted by Crippen LogP contribution is 2.31. The van der Waals surface area contributed by atoms with E-state index in [2.05, 4.69) is 73.8 Å². The molecule has 1 atom stereocenters. The smallest absolute Gasteiger partial charge is 0.222 e. The van der Waals surface area contributed by atoms with Crippen molar-refractivity contribution in [2.75, 3.05) is 18.1 Å². The van der Waals surface area contributed by atoms with E-state index in [-0.39, 0.29) is 0 Å². The molecule has 0 bridgehead atoms. The van der Waals surface area contributed by atoms with Crippen LogP contribution in [0.2, 0.25) is 0 Å². The highest BCUT2D eigenvalue weighted by molar-refractivity contribution is 7.99. The summed E-state index contributed by atoms with van der Waals surface area (Å²) in [6.45, 7) is 4.11. The van der Waals surface area contributed by atoms with Crippen molar-refractivity contribution in [3.05, 3.63) is 59.3 Å². The number of benzene rings is 1. The van der Waals surface area contributed by atoms with Gasteiger partial charge in [0.05, 0.1) is 0 Å². The van der Waals surface area contributed by atoms with Gasteiger partial charge in [-0.3, -0.25) is 9.88 Å². The van der Waals surface area contributed by atoms with Crippen LogP contribution in [-0.4, -0.2) is 48.6 Å². The highest BCUT2D eigenvalue weighted by atomic mass is 32.2. The number of pyridine rings is 1. The molecule has 6 nitrogen and oxygen atoms in total. The van der Waals surface area contributed by atoms with Gasteiger partial charge in [-0.15, -0.1) is 10.2 Å². The summed E-state index contributed by atoms with van der Waals surface area (Å²) >= 11 is 2.03. The highest BCUT2D eigenvalue weighted by Gasteiger charge is 2.24. The maximum atomic E-state index is 4.35. The molecule has 2 aromatic heterocycles. The van der Waals surface area contributed by atoms with E-state index in [1.807, 2.05) is 18.0 Å². The number of tetrazole rings is 1. The fraction of sp³-hybridized carbons (Fsp3) is 0.333. The van der Waals surface area contributed by atoms with E-state index in [0.29, 0.717) is 11.9 Å². The van der Waals surface area contributed by atoms with Crippen LogP contribution in [-0.2, 0) is 6.54 Å². The lowest BCUT2D eigenvalue weighted by molar-refractivity contribution is 0.212. The molecular formula is C18H20N6S. The van der Waals surface area contributed by atoms with Gasteiger partial charge < -0.3 is 0 Å². The summed E-state index contributed by atoms with van der Waals surface area (Å²) in [5.74, 6) is 2.84. The van der Waals surface area contributed by atoms with Crippen molar-refractivity contribution in [1.29, 1.82) is 0 Å². The molecule has 0 spiro atoms. The van der Waals surface area contributed by atoms with Gasteiger partial charge in [0.15, 0.2) is 0 Å². The van der Waals surface area contributed by atoms with Gasteiger partial charge in [0.25, 0.3) is 0 Å². The van der Waals surface area contributed by atoms with Crippen LogP contribution in [0.25, 0.3) is 11.5 Å². The Labute approximate surface area is 151 Å². The first-order valence-electron chi connectivity index (χ1n) is 8.37. The van der Waals surface area contributed by atoms with Gasteiger partial charge in [-0.2, -0.15) is 17.0 Å². The maximum Gasteiger partial charge on any atom is 0.222 e. The molecule has 1 aromatic carbocycles. The van der Waals surface area contributed by atoms with Gasteiger partial charge in [0.2, 0.25) is 5.82 Å². The Morgan fingerprint density at radius 1 is 1.24 bits per heavy atom. The van der Waals surface area contributed by atoms with Crippen molar-refractivity contribution in [2.45, 2.75) is 19.5 Å². The van der Waals surface area contributed by atoms with Gasteiger partial charge in [0, 0.05) is 36.8 Å². The first-order valence-corrected chi connectivity index (χ1v) is 9.52. The van der Waals surface area contributed by atoms with Crippen molar-refractivity contribution >= 4 is 11.8 Å². The van der Waals surface area contributed by atoms with E-state index < -0.39 is 0 Å². The largest absolute Gasteiger partial charge is 0.290 e. The van der Waals surface area contributed by atoms with Crippen molar-refractivity contribution in [2.24, 2.45) is 0 Å². The second-order valence-corrected chi connectivity index (χ2v) is 7.41. The number of aryl methyl sites for hydroxylation is 1. The Morgan fingerprint density at radius 3 is 2.92 bits per heavy atom. The number of nitrogens with one attached hydrogen (secondary N) is 1. The molecule has 3 heterocycles. The average Bonchev–Trinajstić information content (AvgIpc) is 3.18. The van der Waals surface area contributed by atoms with E-state index in [9.17, 15) is 0 Å². The van der Waals surface area contributed by atoms with Crippen molar-refractivity contribution in [1.82, 2.24) is 30.5 Å². The van der Waals surface area contributed by atoms with Gasteiger partial charge in [-0.05, 0) is 35.4 Å². The van der Waals surface area contributed by atoms with E-state index in [4.69, 9.17) is 0 Å². The molecule has 1 aliphatic rings. The predicted molar refractivity (Wildman–Crippen MR) is 99.1 cm³/mol. The monoisotopic (exact) mass is 352 g/mol. The van der Waals surface area contributed by atoms with Crippen LogP contribution in [0.3, 0.4) is 0 Å². The minimum Gasteiger partial charge on any atom is -0.290 e. The van der Waals surface area contributed by atoms with Gasteiger partial charge >= 0.3 is 0 Å². The Balaban J connectivity index is 1.55. The molecule has 3 aromatic rings. The summed E-state index contributed by atoms with van der Waals surface area (Å²) in [4.78, 5) is 6.91. The summed E-state index contributed by atoms with van der Waals surface area (Å²) in [6, 6.07) is 13.5. The second kappa shape index (κ2) is 7.33. The van der Waals surface area contributed by atoms with Crippen molar-refractivity contribution < 1.29 is 0 Å². The minimum absolute atomic E-state index is 0.446. The van der Waals surface area contributed by atoms with Gasteiger partial charge in [-0.1, -0.05) is 29.8 Å². The molecule has 1 unspecified atom stereocenters. The Kier molecular flexibility index (Phi) is 4.76. The Bertz CT molecular complexity index is 818. The zero-order valence-corrected chi connectivity index (χ0v) is 14.9. The normalized spacial score (nSPS) is 18.4. The van der Waals surface area contributed by atoms with E-state index in [0.717, 1.165) is 24.5 Å². The molecular weight excluding hydrogens is 332 g/mol. The van der Waals surface area contributed by atoms with Crippen LogP contribution >= 0.6 is 11.8 Å². The van der Waals surface area contributed by atoms with E-state index in [1.165, 1.54) is 22.4 Å². The number of hydrogen-bond donors (Lipinski definition) is 1. The van der Waals surface area contributed by atoms with Crippen LogP contribution in [0.15, 0.2) is 42.6 Å². The molecule has 4 rings (SSSR count). The zero-order chi connectivity index (χ0) is 17.1. The van der Waals surface area contributed by atoms with Crippen LogP contribution in [0.1, 0.15) is 22.7 Å². The fourth-order valence-corrected chi connectivity index (χ4v) is 4.28. The van der Waals surface area contributed by atoms with Gasteiger partial charge in [-0.25, -0.2) is 0 Å². The SMILES string of the molecule is Cc1ccc(C2CSCCN2Cc2ccnc(-c3nn[nH]n3)c2)cc1. The predicted octanol–water partition coefficient (Wildman–Crippen LogP) is 2.86. The topological polar surface area (TPSA) is 70.6 Å². The molecule has 0 amide bonds. The third-order valence-corrected chi connectivity index (χ3v) is 5.51. The van der Waals surface area contributed by atoms with Crippen LogP contribution in [0.4, 0.5) is 0 Å². The molecule has 1 saturated heterocycles. The molecule has 1 N–H and O–H groups in total. The zero-order valence-electron chi connectivity index (χ0n) is 14.1. The van der Waals surface area contributed by atoms with Gasteiger partial charge in [0.1, 0.15) is 5.69 Å². The Morgan fingerprint density at radius 2 is 2.12 bits per heavy atom.